The Morgan fingerprint density at radius 2 is 1.83 bits per heavy atom. The van der Waals surface area contributed by atoms with Crippen molar-refractivity contribution in [2.24, 2.45) is 0 Å². The van der Waals surface area contributed by atoms with Gasteiger partial charge in [-0.05, 0) is 54.5 Å². The minimum atomic E-state index is -4.20. The van der Waals surface area contributed by atoms with Crippen molar-refractivity contribution in [1.29, 1.82) is 0 Å². The standard InChI is InChI=1S/C23H22N2O8S3/c1-14-4-5-15(11-19-22(29)24(12-20(26)27)23(34)35-19)10-18(14)25(13-21(28)33-3)36(30,31)17-8-6-16(32-2)7-9-17/h4-11H,12-13H2,1-3H3,(H,26,27). The van der Waals surface area contributed by atoms with E-state index in [4.69, 9.17) is 26.8 Å². The molecule has 1 saturated heterocycles. The zero-order valence-electron chi connectivity index (χ0n) is 19.5. The number of hydrogen-bond donors (Lipinski definition) is 1. The lowest BCUT2D eigenvalue weighted by Gasteiger charge is -2.25. The number of esters is 1. The number of carbonyl (C=O) groups excluding carboxylic acids is 2. The first kappa shape index (κ1) is 27.2. The number of aryl methyl sites for hydroxylation is 1. The van der Waals surface area contributed by atoms with Crippen molar-refractivity contribution in [2.75, 3.05) is 31.6 Å². The number of sulfonamides is 1. The molecule has 1 aliphatic rings. The van der Waals surface area contributed by atoms with Gasteiger partial charge in [0.1, 0.15) is 23.2 Å². The van der Waals surface area contributed by atoms with Crippen molar-refractivity contribution < 1.29 is 37.4 Å². The maximum absolute atomic E-state index is 13.6. The SMILES string of the molecule is COC(=O)CN(c1cc(C=C2SC(=S)N(CC(=O)O)C2=O)ccc1C)S(=O)(=O)c1ccc(OC)cc1. The molecule has 2 aromatic rings. The predicted octanol–water partition coefficient (Wildman–Crippen LogP) is 2.66. The molecule has 0 unspecified atom stereocenters. The molecule has 0 saturated carbocycles. The van der Waals surface area contributed by atoms with Crippen LogP contribution in [0, 0.1) is 6.92 Å². The largest absolute Gasteiger partial charge is 0.497 e. The second kappa shape index (κ2) is 11.1. The van der Waals surface area contributed by atoms with Gasteiger partial charge in [-0.2, -0.15) is 0 Å². The minimum absolute atomic E-state index is 0.0634. The van der Waals surface area contributed by atoms with E-state index in [9.17, 15) is 22.8 Å². The number of rotatable bonds is 9. The van der Waals surface area contributed by atoms with Crippen molar-refractivity contribution in [1.82, 2.24) is 4.90 Å². The Hall–Kier alpha value is -3.42. The van der Waals surface area contributed by atoms with Crippen LogP contribution in [0.3, 0.4) is 0 Å². The van der Waals surface area contributed by atoms with E-state index in [-0.39, 0.29) is 19.8 Å². The van der Waals surface area contributed by atoms with Gasteiger partial charge in [-0.1, -0.05) is 36.1 Å². The molecule has 2 aromatic carbocycles. The Morgan fingerprint density at radius 1 is 1.17 bits per heavy atom. The molecular weight excluding hydrogens is 528 g/mol. The zero-order chi connectivity index (χ0) is 26.6. The fourth-order valence-electron chi connectivity index (χ4n) is 3.26. The van der Waals surface area contributed by atoms with Crippen LogP contribution in [0.25, 0.3) is 6.08 Å². The maximum atomic E-state index is 13.6. The highest BCUT2D eigenvalue weighted by Crippen LogP contribution is 2.34. The maximum Gasteiger partial charge on any atom is 0.326 e. The van der Waals surface area contributed by atoms with Crippen LogP contribution in [-0.2, 0) is 29.1 Å². The molecule has 1 heterocycles. The average molecular weight is 551 g/mol. The second-order valence-corrected chi connectivity index (χ2v) is 11.0. The topological polar surface area (TPSA) is 131 Å². The molecule has 1 fully saturated rings. The number of carbonyl (C=O) groups is 3. The third kappa shape index (κ3) is 5.86. The Kier molecular flexibility index (Phi) is 8.38. The molecule has 3 rings (SSSR count). The summed E-state index contributed by atoms with van der Waals surface area (Å²) >= 11 is 6.06. The lowest BCUT2D eigenvalue weighted by molar-refractivity contribution is -0.140. The minimum Gasteiger partial charge on any atom is -0.497 e. The summed E-state index contributed by atoms with van der Waals surface area (Å²) in [6.07, 6.45) is 1.49. The van der Waals surface area contributed by atoms with E-state index >= 15 is 0 Å². The molecule has 0 bridgehead atoms. The van der Waals surface area contributed by atoms with Gasteiger partial charge in [-0.25, -0.2) is 8.42 Å². The molecule has 1 N–H and O–H groups in total. The van der Waals surface area contributed by atoms with Crippen LogP contribution >= 0.6 is 24.0 Å². The number of methoxy groups -OCH3 is 2. The summed E-state index contributed by atoms with van der Waals surface area (Å²) in [6.45, 7) is 0.531. The van der Waals surface area contributed by atoms with Gasteiger partial charge in [0.15, 0.2) is 0 Å². The van der Waals surface area contributed by atoms with Gasteiger partial charge in [0, 0.05) is 0 Å². The molecule has 36 heavy (non-hydrogen) atoms. The van der Waals surface area contributed by atoms with Crippen molar-refractivity contribution in [3.8, 4) is 5.75 Å². The lowest BCUT2D eigenvalue weighted by atomic mass is 10.1. The summed E-state index contributed by atoms with van der Waals surface area (Å²) in [6, 6.07) is 10.5. The lowest BCUT2D eigenvalue weighted by Crippen LogP contribution is -2.36. The van der Waals surface area contributed by atoms with Gasteiger partial charge < -0.3 is 14.6 Å². The average Bonchev–Trinajstić information content (AvgIpc) is 3.10. The number of carboxylic acids is 1. The summed E-state index contributed by atoms with van der Waals surface area (Å²) in [7, 11) is -1.59. The fraction of sp³-hybridized carbons (Fsp3) is 0.217. The Labute approximate surface area is 217 Å². The molecule has 10 nitrogen and oxygen atoms in total. The van der Waals surface area contributed by atoms with Crippen LogP contribution in [0.2, 0.25) is 0 Å². The monoisotopic (exact) mass is 550 g/mol. The highest BCUT2D eigenvalue weighted by Gasteiger charge is 2.34. The van der Waals surface area contributed by atoms with Crippen LogP contribution in [0.15, 0.2) is 52.3 Å². The molecule has 0 atom stereocenters. The summed E-state index contributed by atoms with van der Waals surface area (Å²) in [5, 5.41) is 9.02. The van der Waals surface area contributed by atoms with Crippen molar-refractivity contribution in [3.05, 3.63) is 58.5 Å². The van der Waals surface area contributed by atoms with Gasteiger partial charge >= 0.3 is 11.9 Å². The van der Waals surface area contributed by atoms with E-state index < -0.39 is 41.0 Å². The Balaban J connectivity index is 2.05. The molecular formula is C23H22N2O8S3. The van der Waals surface area contributed by atoms with E-state index in [1.807, 2.05) is 0 Å². The van der Waals surface area contributed by atoms with Crippen LogP contribution in [0.4, 0.5) is 5.69 Å². The number of amides is 1. The summed E-state index contributed by atoms with van der Waals surface area (Å²) in [5.74, 6) is -2.07. The molecule has 13 heteroatoms. The number of aliphatic carboxylic acids is 1. The van der Waals surface area contributed by atoms with E-state index in [1.165, 1.54) is 43.5 Å². The van der Waals surface area contributed by atoms with Crippen LogP contribution in [0.1, 0.15) is 11.1 Å². The summed E-state index contributed by atoms with van der Waals surface area (Å²) < 4.78 is 38.0. The number of anilines is 1. The number of carboxylic acid groups (broad SMARTS) is 1. The first-order valence-corrected chi connectivity index (χ1v) is 13.0. The number of thiocarbonyl (C=S) groups is 1. The molecule has 0 aromatic heterocycles. The molecule has 0 spiro atoms. The number of thioether (sulfide) groups is 1. The first-order chi connectivity index (χ1) is 17.0. The summed E-state index contributed by atoms with van der Waals surface area (Å²) in [5.41, 5.74) is 1.20. The van der Waals surface area contributed by atoms with E-state index in [0.717, 1.165) is 28.1 Å². The van der Waals surface area contributed by atoms with Crippen LogP contribution < -0.4 is 9.04 Å². The smallest absolute Gasteiger partial charge is 0.326 e. The number of nitrogens with zero attached hydrogens (tertiary/aromatic N) is 2. The molecule has 190 valence electrons. The second-order valence-electron chi connectivity index (χ2n) is 7.47. The van der Waals surface area contributed by atoms with Gasteiger partial charge in [0.2, 0.25) is 0 Å². The highest BCUT2D eigenvalue weighted by molar-refractivity contribution is 8.26. The van der Waals surface area contributed by atoms with Crippen molar-refractivity contribution >= 4 is 67.9 Å². The Morgan fingerprint density at radius 3 is 2.42 bits per heavy atom. The molecule has 0 aliphatic carbocycles. The van der Waals surface area contributed by atoms with Crippen LogP contribution in [0.5, 0.6) is 5.75 Å². The third-order valence-electron chi connectivity index (χ3n) is 5.11. The Bertz CT molecular complexity index is 1350. The van der Waals surface area contributed by atoms with Crippen molar-refractivity contribution in [2.45, 2.75) is 11.8 Å². The number of benzene rings is 2. The quantitative estimate of drug-likeness (QED) is 0.282. The first-order valence-electron chi connectivity index (χ1n) is 10.3. The number of hydrogen-bond acceptors (Lipinski definition) is 9. The van der Waals surface area contributed by atoms with Gasteiger partial charge in [0.25, 0.3) is 15.9 Å². The fourth-order valence-corrected chi connectivity index (χ4v) is 5.98. The third-order valence-corrected chi connectivity index (χ3v) is 8.27. The van der Waals surface area contributed by atoms with Crippen LogP contribution in [-0.4, -0.2) is 67.9 Å². The van der Waals surface area contributed by atoms with E-state index in [0.29, 0.717) is 16.9 Å². The van der Waals surface area contributed by atoms with E-state index in [2.05, 4.69) is 0 Å². The number of ether oxygens (including phenoxy) is 2. The highest BCUT2D eigenvalue weighted by atomic mass is 32.2. The van der Waals surface area contributed by atoms with E-state index in [1.54, 1.807) is 19.1 Å². The normalized spacial score (nSPS) is 14.8. The van der Waals surface area contributed by atoms with Gasteiger partial charge in [-0.3, -0.25) is 23.6 Å². The molecule has 0 radical (unpaired) electrons. The summed E-state index contributed by atoms with van der Waals surface area (Å²) in [4.78, 5) is 36.9. The molecule has 1 aliphatic heterocycles. The van der Waals surface area contributed by atoms with Crippen molar-refractivity contribution in [3.63, 3.8) is 0 Å². The zero-order valence-corrected chi connectivity index (χ0v) is 21.9. The van der Waals surface area contributed by atoms with Gasteiger partial charge in [-0.15, -0.1) is 0 Å². The molecule has 1 amide bonds. The predicted molar refractivity (Wildman–Crippen MR) is 138 cm³/mol. The van der Waals surface area contributed by atoms with Gasteiger partial charge in [0.05, 0.1) is 29.7 Å².